The van der Waals surface area contributed by atoms with Gasteiger partial charge in [-0.3, -0.25) is 9.69 Å². The van der Waals surface area contributed by atoms with Crippen molar-refractivity contribution in [2.45, 2.75) is 12.7 Å². The van der Waals surface area contributed by atoms with Gasteiger partial charge in [-0.25, -0.2) is 0 Å². The van der Waals surface area contributed by atoms with E-state index < -0.39 is 17.6 Å². The van der Waals surface area contributed by atoms with E-state index in [1.54, 1.807) is 18.0 Å². The van der Waals surface area contributed by atoms with Gasteiger partial charge in [0.15, 0.2) is 0 Å². The molecule has 0 heterocycles. The molecule has 2 rings (SSSR count). The summed E-state index contributed by atoms with van der Waals surface area (Å²) in [4.78, 5) is 13.7. The SMILES string of the molecule is CN(CC(=O)Nc1cc(Cl)ccc1C#N)Cc1cccc(C(F)(F)F)c1. The number of carbonyl (C=O) groups is 1. The normalized spacial score (nSPS) is 11.3. The molecule has 0 radical (unpaired) electrons. The van der Waals surface area contributed by atoms with Crippen molar-refractivity contribution < 1.29 is 18.0 Å². The van der Waals surface area contributed by atoms with Crippen LogP contribution >= 0.6 is 11.6 Å². The number of anilines is 1. The summed E-state index contributed by atoms with van der Waals surface area (Å²) in [7, 11) is 1.61. The van der Waals surface area contributed by atoms with Crippen molar-refractivity contribution in [1.82, 2.24) is 4.90 Å². The number of rotatable bonds is 5. The topological polar surface area (TPSA) is 56.1 Å². The summed E-state index contributed by atoms with van der Waals surface area (Å²) in [6, 6.07) is 11.4. The first-order valence-electron chi connectivity index (χ1n) is 7.53. The average Bonchev–Trinajstić information content (AvgIpc) is 2.54. The lowest BCUT2D eigenvalue weighted by Gasteiger charge is -2.17. The first-order valence-corrected chi connectivity index (χ1v) is 7.91. The summed E-state index contributed by atoms with van der Waals surface area (Å²) < 4.78 is 38.2. The van der Waals surface area contributed by atoms with Crippen LogP contribution in [0.15, 0.2) is 42.5 Å². The van der Waals surface area contributed by atoms with E-state index in [0.717, 1.165) is 12.1 Å². The van der Waals surface area contributed by atoms with Crippen LogP contribution in [-0.2, 0) is 17.5 Å². The second-order valence-electron chi connectivity index (χ2n) is 5.72. The van der Waals surface area contributed by atoms with Gasteiger partial charge in [0, 0.05) is 11.6 Å². The highest BCUT2D eigenvalue weighted by atomic mass is 35.5. The number of carbonyl (C=O) groups excluding carboxylic acids is 1. The number of amides is 1. The number of hydrogen-bond donors (Lipinski definition) is 1. The van der Waals surface area contributed by atoms with Crippen molar-refractivity contribution in [1.29, 1.82) is 5.26 Å². The zero-order valence-corrected chi connectivity index (χ0v) is 14.5. The summed E-state index contributed by atoms with van der Waals surface area (Å²) in [5.74, 6) is -0.404. The highest BCUT2D eigenvalue weighted by Gasteiger charge is 2.30. The molecule has 26 heavy (non-hydrogen) atoms. The highest BCUT2D eigenvalue weighted by molar-refractivity contribution is 6.31. The fourth-order valence-corrected chi connectivity index (χ4v) is 2.54. The van der Waals surface area contributed by atoms with Gasteiger partial charge in [-0.2, -0.15) is 18.4 Å². The third kappa shape index (κ3) is 5.48. The first kappa shape index (κ1) is 19.8. The molecule has 0 unspecified atom stereocenters. The maximum absolute atomic E-state index is 12.7. The van der Waals surface area contributed by atoms with Crippen molar-refractivity contribution in [2.75, 3.05) is 18.9 Å². The summed E-state index contributed by atoms with van der Waals surface area (Å²) in [6.07, 6.45) is -4.41. The molecule has 0 spiro atoms. The van der Waals surface area contributed by atoms with E-state index in [4.69, 9.17) is 16.9 Å². The molecule has 136 valence electrons. The lowest BCUT2D eigenvalue weighted by molar-refractivity contribution is -0.137. The number of nitrogens with zero attached hydrogens (tertiary/aromatic N) is 2. The van der Waals surface area contributed by atoms with Gasteiger partial charge in [-0.1, -0.05) is 29.8 Å². The van der Waals surface area contributed by atoms with Crippen LogP contribution in [-0.4, -0.2) is 24.4 Å². The first-order chi connectivity index (χ1) is 12.2. The minimum Gasteiger partial charge on any atom is -0.324 e. The number of halogens is 4. The average molecular weight is 382 g/mol. The van der Waals surface area contributed by atoms with E-state index in [1.165, 1.54) is 24.3 Å². The van der Waals surface area contributed by atoms with Crippen LogP contribution in [0, 0.1) is 11.3 Å². The van der Waals surface area contributed by atoms with Gasteiger partial charge in [0.1, 0.15) is 6.07 Å². The van der Waals surface area contributed by atoms with Crippen LogP contribution in [0.4, 0.5) is 18.9 Å². The molecular formula is C18H15ClF3N3O. The van der Waals surface area contributed by atoms with Crippen LogP contribution < -0.4 is 5.32 Å². The maximum atomic E-state index is 12.7. The second kappa shape index (κ2) is 8.21. The van der Waals surface area contributed by atoms with Crippen molar-refractivity contribution in [3.63, 3.8) is 0 Å². The van der Waals surface area contributed by atoms with E-state index in [0.29, 0.717) is 10.6 Å². The van der Waals surface area contributed by atoms with Crippen molar-refractivity contribution >= 4 is 23.2 Å². The van der Waals surface area contributed by atoms with Crippen LogP contribution in [0.25, 0.3) is 0 Å². The molecular weight excluding hydrogens is 367 g/mol. The smallest absolute Gasteiger partial charge is 0.324 e. The molecule has 0 bridgehead atoms. The molecule has 2 aromatic rings. The van der Waals surface area contributed by atoms with E-state index in [9.17, 15) is 18.0 Å². The Bertz CT molecular complexity index is 846. The van der Waals surface area contributed by atoms with Gasteiger partial charge in [-0.15, -0.1) is 0 Å². The van der Waals surface area contributed by atoms with E-state index in [1.807, 2.05) is 6.07 Å². The quantitative estimate of drug-likeness (QED) is 0.840. The summed E-state index contributed by atoms with van der Waals surface area (Å²) in [6.45, 7) is 0.103. The Morgan fingerprint density at radius 1 is 1.27 bits per heavy atom. The van der Waals surface area contributed by atoms with Crippen LogP contribution in [0.3, 0.4) is 0 Å². The Labute approximate surface area is 153 Å². The molecule has 1 N–H and O–H groups in total. The number of alkyl halides is 3. The minimum absolute atomic E-state index is 0.0619. The number of hydrogen-bond acceptors (Lipinski definition) is 3. The summed E-state index contributed by atoms with van der Waals surface area (Å²) >= 11 is 5.86. The Morgan fingerprint density at radius 3 is 2.65 bits per heavy atom. The number of nitriles is 1. The third-order valence-corrected chi connectivity index (χ3v) is 3.73. The van der Waals surface area contributed by atoms with E-state index in [-0.39, 0.29) is 24.3 Å². The fraction of sp³-hybridized carbons (Fsp3) is 0.222. The Balaban J connectivity index is 2.00. The van der Waals surface area contributed by atoms with Crippen LogP contribution in [0.1, 0.15) is 16.7 Å². The lowest BCUT2D eigenvalue weighted by Crippen LogP contribution is -2.30. The predicted octanol–water partition coefficient (Wildman–Crippen LogP) is 4.30. The molecule has 0 saturated carbocycles. The van der Waals surface area contributed by atoms with Crippen LogP contribution in [0.5, 0.6) is 0 Å². The largest absolute Gasteiger partial charge is 0.416 e. The predicted molar refractivity (Wildman–Crippen MR) is 92.6 cm³/mol. The Kier molecular flexibility index (Phi) is 6.24. The van der Waals surface area contributed by atoms with Crippen molar-refractivity contribution in [3.05, 3.63) is 64.2 Å². The van der Waals surface area contributed by atoms with Gasteiger partial charge in [0.2, 0.25) is 5.91 Å². The van der Waals surface area contributed by atoms with E-state index >= 15 is 0 Å². The summed E-state index contributed by atoms with van der Waals surface area (Å²) in [5.41, 5.74) is 0.266. The van der Waals surface area contributed by atoms with Gasteiger partial charge < -0.3 is 5.32 Å². The number of benzene rings is 2. The molecule has 2 aromatic carbocycles. The fourth-order valence-electron chi connectivity index (χ4n) is 2.37. The standard InChI is InChI=1S/C18H15ClF3N3O/c1-25(10-12-3-2-4-14(7-12)18(20,21)22)11-17(26)24-16-8-15(19)6-5-13(16)9-23/h2-8H,10-11H2,1H3,(H,24,26). The van der Waals surface area contributed by atoms with Crippen molar-refractivity contribution in [2.24, 2.45) is 0 Å². The number of nitrogens with one attached hydrogen (secondary N) is 1. The zero-order chi connectivity index (χ0) is 19.3. The molecule has 1 amide bonds. The number of likely N-dealkylation sites (N-methyl/N-ethyl adjacent to an activating group) is 1. The van der Waals surface area contributed by atoms with Gasteiger partial charge in [-0.05, 0) is 36.9 Å². The zero-order valence-electron chi connectivity index (χ0n) is 13.8. The molecule has 4 nitrogen and oxygen atoms in total. The molecule has 0 atom stereocenters. The third-order valence-electron chi connectivity index (χ3n) is 3.50. The Hall–Kier alpha value is -2.56. The van der Waals surface area contributed by atoms with Crippen molar-refractivity contribution in [3.8, 4) is 6.07 Å². The molecule has 0 aliphatic heterocycles. The molecule has 0 aliphatic carbocycles. The lowest BCUT2D eigenvalue weighted by atomic mass is 10.1. The second-order valence-corrected chi connectivity index (χ2v) is 6.16. The highest BCUT2D eigenvalue weighted by Crippen LogP contribution is 2.29. The van der Waals surface area contributed by atoms with Gasteiger partial charge in [0.25, 0.3) is 0 Å². The molecule has 0 aliphatic rings. The van der Waals surface area contributed by atoms with Gasteiger partial charge >= 0.3 is 6.18 Å². The Morgan fingerprint density at radius 2 is 2.00 bits per heavy atom. The van der Waals surface area contributed by atoms with Gasteiger partial charge in [0.05, 0.1) is 23.4 Å². The summed E-state index contributed by atoms with van der Waals surface area (Å²) in [5, 5.41) is 12.0. The molecule has 0 saturated heterocycles. The molecule has 0 aromatic heterocycles. The van der Waals surface area contributed by atoms with Crippen LogP contribution in [0.2, 0.25) is 5.02 Å². The van der Waals surface area contributed by atoms with E-state index in [2.05, 4.69) is 5.32 Å². The monoisotopic (exact) mass is 381 g/mol. The maximum Gasteiger partial charge on any atom is 0.416 e. The molecule has 0 fully saturated rings. The molecule has 8 heteroatoms. The minimum atomic E-state index is -4.41.